The van der Waals surface area contributed by atoms with E-state index < -0.39 is 6.10 Å². The van der Waals surface area contributed by atoms with Gasteiger partial charge in [0, 0.05) is 23.7 Å². The molecule has 2 aromatic carbocycles. The number of hydrogen-bond donors (Lipinski definition) is 4. The molecule has 5 nitrogen and oxygen atoms in total. The molecule has 22 heavy (non-hydrogen) atoms. The van der Waals surface area contributed by atoms with E-state index in [9.17, 15) is 15.0 Å². The molecular formula is C16H17ClN2O3. The van der Waals surface area contributed by atoms with Gasteiger partial charge in [-0.25, -0.2) is 4.79 Å². The third kappa shape index (κ3) is 4.65. The number of aromatic hydroxyl groups is 1. The highest BCUT2D eigenvalue weighted by molar-refractivity contribution is 6.31. The van der Waals surface area contributed by atoms with E-state index in [1.807, 2.05) is 0 Å². The first-order valence-corrected chi connectivity index (χ1v) is 7.16. The summed E-state index contributed by atoms with van der Waals surface area (Å²) in [5.74, 6) is 0.177. The van der Waals surface area contributed by atoms with Gasteiger partial charge in [-0.05, 0) is 23.8 Å². The molecule has 0 heterocycles. The van der Waals surface area contributed by atoms with Gasteiger partial charge in [-0.2, -0.15) is 0 Å². The minimum atomic E-state index is -0.867. The van der Waals surface area contributed by atoms with Crippen LogP contribution in [0.1, 0.15) is 17.2 Å². The van der Waals surface area contributed by atoms with E-state index in [1.54, 1.807) is 48.5 Å². The van der Waals surface area contributed by atoms with Gasteiger partial charge in [0.15, 0.2) is 0 Å². The lowest BCUT2D eigenvalue weighted by Gasteiger charge is -2.14. The Morgan fingerprint density at radius 1 is 1.09 bits per heavy atom. The lowest BCUT2D eigenvalue weighted by Crippen LogP contribution is -2.37. The molecule has 0 aliphatic carbocycles. The molecule has 0 aliphatic heterocycles. The molecule has 1 unspecified atom stereocenters. The highest BCUT2D eigenvalue weighted by Gasteiger charge is 2.12. The van der Waals surface area contributed by atoms with Crippen LogP contribution in [0, 0.1) is 0 Å². The monoisotopic (exact) mass is 320 g/mol. The second-order valence-electron chi connectivity index (χ2n) is 4.77. The van der Waals surface area contributed by atoms with Crippen molar-refractivity contribution in [1.82, 2.24) is 10.6 Å². The predicted molar refractivity (Wildman–Crippen MR) is 84.8 cm³/mol. The summed E-state index contributed by atoms with van der Waals surface area (Å²) in [5.41, 5.74) is 1.43. The fourth-order valence-electron chi connectivity index (χ4n) is 1.90. The van der Waals surface area contributed by atoms with E-state index >= 15 is 0 Å². The summed E-state index contributed by atoms with van der Waals surface area (Å²) in [6, 6.07) is 13.1. The minimum Gasteiger partial charge on any atom is -0.508 e. The predicted octanol–water partition coefficient (Wildman–Crippen LogP) is 2.58. The zero-order valence-electron chi connectivity index (χ0n) is 11.8. The van der Waals surface area contributed by atoms with Crippen molar-refractivity contribution in [2.45, 2.75) is 12.6 Å². The van der Waals surface area contributed by atoms with Crippen molar-refractivity contribution < 1.29 is 15.0 Å². The number of benzene rings is 2. The number of amides is 2. The number of rotatable bonds is 5. The smallest absolute Gasteiger partial charge is 0.315 e. The van der Waals surface area contributed by atoms with Crippen molar-refractivity contribution >= 4 is 17.6 Å². The van der Waals surface area contributed by atoms with Crippen molar-refractivity contribution in [1.29, 1.82) is 0 Å². The molecule has 0 fully saturated rings. The molecule has 0 spiro atoms. The van der Waals surface area contributed by atoms with Crippen LogP contribution in [0.5, 0.6) is 5.75 Å². The van der Waals surface area contributed by atoms with Crippen LogP contribution in [-0.4, -0.2) is 22.8 Å². The molecule has 0 radical (unpaired) electrons. The number of phenols is 1. The van der Waals surface area contributed by atoms with Crippen molar-refractivity contribution in [3.8, 4) is 5.75 Å². The van der Waals surface area contributed by atoms with Crippen LogP contribution < -0.4 is 10.6 Å². The standard InChI is InChI=1S/C16H17ClN2O3/c17-14-4-2-1-3-13(14)15(21)10-19-16(22)18-9-11-5-7-12(20)8-6-11/h1-8,15,20-21H,9-10H2,(H2,18,19,22). The molecule has 0 saturated heterocycles. The van der Waals surface area contributed by atoms with Crippen LogP contribution in [0.15, 0.2) is 48.5 Å². The minimum absolute atomic E-state index is 0.0607. The maximum absolute atomic E-state index is 11.7. The fourth-order valence-corrected chi connectivity index (χ4v) is 2.16. The summed E-state index contributed by atoms with van der Waals surface area (Å²) in [6.45, 7) is 0.388. The molecule has 4 N–H and O–H groups in total. The maximum atomic E-state index is 11.7. The average molecular weight is 321 g/mol. The Morgan fingerprint density at radius 3 is 2.45 bits per heavy atom. The van der Waals surface area contributed by atoms with E-state index in [-0.39, 0.29) is 18.3 Å². The number of phenolic OH excluding ortho intramolecular Hbond substituents is 1. The first-order valence-electron chi connectivity index (χ1n) is 6.78. The van der Waals surface area contributed by atoms with Crippen molar-refractivity contribution in [2.75, 3.05) is 6.54 Å². The number of aliphatic hydroxyl groups is 1. The topological polar surface area (TPSA) is 81.6 Å². The van der Waals surface area contributed by atoms with Gasteiger partial charge in [-0.3, -0.25) is 0 Å². The maximum Gasteiger partial charge on any atom is 0.315 e. The van der Waals surface area contributed by atoms with E-state index in [1.165, 1.54) is 0 Å². The Balaban J connectivity index is 1.78. The zero-order chi connectivity index (χ0) is 15.9. The second-order valence-corrected chi connectivity index (χ2v) is 5.17. The summed E-state index contributed by atoms with van der Waals surface area (Å²) in [7, 11) is 0. The second kappa shape index (κ2) is 7.68. The molecular weight excluding hydrogens is 304 g/mol. The van der Waals surface area contributed by atoms with E-state index in [4.69, 9.17) is 11.6 Å². The summed E-state index contributed by atoms with van der Waals surface area (Å²) >= 11 is 5.98. The van der Waals surface area contributed by atoms with Gasteiger partial charge in [0.05, 0.1) is 6.10 Å². The van der Waals surface area contributed by atoms with Gasteiger partial charge < -0.3 is 20.8 Å². The van der Waals surface area contributed by atoms with Crippen LogP contribution in [-0.2, 0) is 6.54 Å². The van der Waals surface area contributed by atoms with Crippen LogP contribution >= 0.6 is 11.6 Å². The Morgan fingerprint density at radius 2 is 1.77 bits per heavy atom. The number of hydrogen-bond acceptors (Lipinski definition) is 3. The Bertz CT molecular complexity index is 632. The number of nitrogens with one attached hydrogen (secondary N) is 2. The van der Waals surface area contributed by atoms with Crippen molar-refractivity contribution in [2.24, 2.45) is 0 Å². The molecule has 2 rings (SSSR count). The summed E-state index contributed by atoms with van der Waals surface area (Å²) in [6.07, 6.45) is -0.867. The highest BCUT2D eigenvalue weighted by Crippen LogP contribution is 2.21. The van der Waals surface area contributed by atoms with Crippen molar-refractivity contribution in [3.63, 3.8) is 0 Å². The summed E-state index contributed by atoms with van der Waals surface area (Å²) in [4.78, 5) is 11.7. The molecule has 1 atom stereocenters. The molecule has 0 aromatic heterocycles. The first-order chi connectivity index (χ1) is 10.6. The molecule has 2 aromatic rings. The summed E-state index contributed by atoms with van der Waals surface area (Å²) < 4.78 is 0. The SMILES string of the molecule is O=C(NCc1ccc(O)cc1)NCC(O)c1ccccc1Cl. The molecule has 0 aliphatic rings. The number of carbonyl (C=O) groups is 1. The molecule has 2 amide bonds. The van der Waals surface area contributed by atoms with Gasteiger partial charge in [0.2, 0.25) is 0 Å². The number of halogens is 1. The third-order valence-electron chi connectivity index (χ3n) is 3.11. The molecule has 6 heteroatoms. The first kappa shape index (κ1) is 16.1. The van der Waals surface area contributed by atoms with E-state index in [0.717, 1.165) is 5.56 Å². The van der Waals surface area contributed by atoms with Crippen LogP contribution in [0.2, 0.25) is 5.02 Å². The molecule has 0 saturated carbocycles. The van der Waals surface area contributed by atoms with Gasteiger partial charge in [-0.15, -0.1) is 0 Å². The Kier molecular flexibility index (Phi) is 5.63. The van der Waals surface area contributed by atoms with Crippen molar-refractivity contribution in [3.05, 3.63) is 64.7 Å². The fraction of sp³-hybridized carbons (Fsp3) is 0.188. The lowest BCUT2D eigenvalue weighted by molar-refractivity contribution is 0.173. The largest absolute Gasteiger partial charge is 0.508 e. The highest BCUT2D eigenvalue weighted by atomic mass is 35.5. The van der Waals surface area contributed by atoms with Crippen LogP contribution in [0.3, 0.4) is 0 Å². The van der Waals surface area contributed by atoms with E-state index in [2.05, 4.69) is 10.6 Å². The lowest BCUT2D eigenvalue weighted by atomic mass is 10.1. The van der Waals surface area contributed by atoms with Gasteiger partial charge in [-0.1, -0.05) is 41.9 Å². The van der Waals surface area contributed by atoms with E-state index in [0.29, 0.717) is 17.1 Å². The molecule has 116 valence electrons. The zero-order valence-corrected chi connectivity index (χ0v) is 12.5. The van der Waals surface area contributed by atoms with Gasteiger partial charge in [0.1, 0.15) is 5.75 Å². The third-order valence-corrected chi connectivity index (χ3v) is 3.45. The quantitative estimate of drug-likeness (QED) is 0.683. The number of carbonyl (C=O) groups excluding carboxylic acids is 1. The number of urea groups is 1. The Hall–Kier alpha value is -2.24. The average Bonchev–Trinajstić information content (AvgIpc) is 2.52. The molecule has 0 bridgehead atoms. The van der Waals surface area contributed by atoms with Gasteiger partial charge >= 0.3 is 6.03 Å². The summed E-state index contributed by atoms with van der Waals surface area (Å²) in [5, 5.41) is 24.9. The number of aliphatic hydroxyl groups excluding tert-OH is 1. The van der Waals surface area contributed by atoms with Crippen LogP contribution in [0.4, 0.5) is 4.79 Å². The van der Waals surface area contributed by atoms with Gasteiger partial charge in [0.25, 0.3) is 0 Å². The Labute approximate surface area is 133 Å². The normalized spacial score (nSPS) is 11.7. The van der Waals surface area contributed by atoms with Crippen LogP contribution in [0.25, 0.3) is 0 Å².